The average Bonchev–Trinajstić information content (AvgIpc) is 2.97. The van der Waals surface area contributed by atoms with Crippen molar-refractivity contribution in [1.82, 2.24) is 4.72 Å². The Bertz CT molecular complexity index is 562. The SMILES string of the molecule is CC(CC1CC1)NS(=O)(=O)c1c(Cl)cc(N)cc1Cl. The van der Waals surface area contributed by atoms with Crippen LogP contribution in [-0.4, -0.2) is 14.5 Å². The summed E-state index contributed by atoms with van der Waals surface area (Å²) in [7, 11) is -3.72. The Hall–Kier alpha value is -0.490. The van der Waals surface area contributed by atoms with Gasteiger partial charge in [0.25, 0.3) is 0 Å². The van der Waals surface area contributed by atoms with Crippen LogP contribution >= 0.6 is 23.2 Å². The van der Waals surface area contributed by atoms with Gasteiger partial charge in [0, 0.05) is 11.7 Å². The summed E-state index contributed by atoms with van der Waals surface area (Å²) in [4.78, 5) is -0.104. The van der Waals surface area contributed by atoms with E-state index in [4.69, 9.17) is 28.9 Å². The third-order valence-electron chi connectivity index (χ3n) is 3.03. The predicted molar refractivity (Wildman–Crippen MR) is 78.0 cm³/mol. The Morgan fingerprint density at radius 3 is 2.37 bits per heavy atom. The quantitative estimate of drug-likeness (QED) is 0.818. The summed E-state index contributed by atoms with van der Waals surface area (Å²) in [6.45, 7) is 1.84. The predicted octanol–water partition coefficient (Wildman–Crippen LogP) is 3.04. The van der Waals surface area contributed by atoms with Crippen molar-refractivity contribution in [3.63, 3.8) is 0 Å². The molecular weight excluding hydrogens is 307 g/mol. The molecule has 0 bridgehead atoms. The molecule has 7 heteroatoms. The molecule has 106 valence electrons. The number of nitrogens with two attached hydrogens (primary N) is 1. The first-order valence-corrected chi connectivity index (χ1v) is 8.30. The summed E-state index contributed by atoms with van der Waals surface area (Å²) in [5.41, 5.74) is 5.90. The minimum Gasteiger partial charge on any atom is -0.399 e. The van der Waals surface area contributed by atoms with Gasteiger partial charge >= 0.3 is 0 Å². The van der Waals surface area contributed by atoms with Gasteiger partial charge in [0.1, 0.15) is 4.90 Å². The van der Waals surface area contributed by atoms with Crippen LogP contribution in [0.4, 0.5) is 5.69 Å². The van der Waals surface area contributed by atoms with Crippen molar-refractivity contribution < 1.29 is 8.42 Å². The molecule has 19 heavy (non-hydrogen) atoms. The molecule has 1 unspecified atom stereocenters. The van der Waals surface area contributed by atoms with Crippen molar-refractivity contribution in [3.8, 4) is 0 Å². The molecule has 1 fully saturated rings. The monoisotopic (exact) mass is 322 g/mol. The van der Waals surface area contributed by atoms with Gasteiger partial charge in [-0.05, 0) is 31.4 Å². The van der Waals surface area contributed by atoms with E-state index in [0.29, 0.717) is 11.6 Å². The second-order valence-electron chi connectivity index (χ2n) is 5.02. The molecule has 1 aliphatic carbocycles. The summed E-state index contributed by atoms with van der Waals surface area (Å²) >= 11 is 11.9. The van der Waals surface area contributed by atoms with Gasteiger partial charge in [-0.15, -0.1) is 0 Å². The number of rotatable bonds is 5. The second kappa shape index (κ2) is 5.48. The van der Waals surface area contributed by atoms with E-state index in [2.05, 4.69) is 4.72 Å². The molecule has 2 rings (SSSR count). The summed E-state index contributed by atoms with van der Waals surface area (Å²) in [6, 6.07) is 2.63. The van der Waals surface area contributed by atoms with Gasteiger partial charge in [0.15, 0.2) is 0 Å². The zero-order chi connectivity index (χ0) is 14.2. The summed E-state index contributed by atoms with van der Waals surface area (Å²) in [5.74, 6) is 0.634. The number of nitrogens with one attached hydrogen (secondary N) is 1. The molecule has 1 aromatic carbocycles. The van der Waals surface area contributed by atoms with Crippen LogP contribution in [0.1, 0.15) is 26.2 Å². The van der Waals surface area contributed by atoms with E-state index in [1.807, 2.05) is 6.92 Å². The third kappa shape index (κ3) is 3.75. The van der Waals surface area contributed by atoms with Crippen molar-refractivity contribution in [3.05, 3.63) is 22.2 Å². The van der Waals surface area contributed by atoms with E-state index < -0.39 is 10.0 Å². The number of halogens is 2. The standard InChI is InChI=1S/C12H16Cl2N2O2S/c1-7(4-8-2-3-8)16-19(17,18)12-10(13)5-9(15)6-11(12)14/h5-8,16H,2-4,15H2,1H3. The minimum absolute atomic E-state index is 0.0381. The van der Waals surface area contributed by atoms with E-state index in [0.717, 1.165) is 6.42 Å². The average molecular weight is 323 g/mol. The van der Waals surface area contributed by atoms with Crippen LogP contribution in [0.2, 0.25) is 10.0 Å². The highest BCUT2D eigenvalue weighted by molar-refractivity contribution is 7.89. The molecule has 0 heterocycles. The molecule has 0 radical (unpaired) electrons. The first-order valence-electron chi connectivity index (χ1n) is 6.06. The lowest BCUT2D eigenvalue weighted by molar-refractivity contribution is 0.530. The topological polar surface area (TPSA) is 72.2 Å². The molecule has 0 aromatic heterocycles. The van der Waals surface area contributed by atoms with Crippen LogP contribution in [0.5, 0.6) is 0 Å². The van der Waals surface area contributed by atoms with Gasteiger partial charge in [0.2, 0.25) is 10.0 Å². The molecule has 0 aliphatic heterocycles. The van der Waals surface area contributed by atoms with Crippen LogP contribution in [0.25, 0.3) is 0 Å². The van der Waals surface area contributed by atoms with Gasteiger partial charge in [-0.3, -0.25) is 0 Å². The maximum absolute atomic E-state index is 12.3. The first-order chi connectivity index (χ1) is 8.79. The number of nitrogen functional groups attached to an aromatic ring is 1. The fraction of sp³-hybridized carbons (Fsp3) is 0.500. The smallest absolute Gasteiger partial charge is 0.243 e. The van der Waals surface area contributed by atoms with Gasteiger partial charge in [0.05, 0.1) is 10.0 Å². The largest absolute Gasteiger partial charge is 0.399 e. The van der Waals surface area contributed by atoms with Gasteiger partial charge in [-0.25, -0.2) is 13.1 Å². The summed E-state index contributed by atoms with van der Waals surface area (Å²) < 4.78 is 27.2. The van der Waals surface area contributed by atoms with Crippen LogP contribution in [-0.2, 0) is 10.0 Å². The normalized spacial score (nSPS) is 17.4. The lowest BCUT2D eigenvalue weighted by atomic mass is 10.2. The molecule has 0 amide bonds. The van der Waals surface area contributed by atoms with E-state index in [1.54, 1.807) is 0 Å². The Morgan fingerprint density at radius 1 is 1.37 bits per heavy atom. The van der Waals surface area contributed by atoms with E-state index in [1.165, 1.54) is 25.0 Å². The minimum atomic E-state index is -3.72. The number of sulfonamides is 1. The van der Waals surface area contributed by atoms with E-state index in [-0.39, 0.29) is 21.0 Å². The molecule has 1 aliphatic rings. The number of anilines is 1. The van der Waals surface area contributed by atoms with Gasteiger partial charge < -0.3 is 5.73 Å². The third-order valence-corrected chi connectivity index (χ3v) is 5.54. The van der Waals surface area contributed by atoms with E-state index >= 15 is 0 Å². The summed E-state index contributed by atoms with van der Waals surface area (Å²) in [6.07, 6.45) is 3.19. The first kappa shape index (κ1) is 14.9. The number of benzene rings is 1. The van der Waals surface area contributed by atoms with Gasteiger partial charge in [-0.2, -0.15) is 0 Å². The molecular formula is C12H16Cl2N2O2S. The Morgan fingerprint density at radius 2 is 1.89 bits per heavy atom. The van der Waals surface area contributed by atoms with Crippen LogP contribution in [0, 0.1) is 5.92 Å². The molecule has 1 aromatic rings. The molecule has 3 N–H and O–H groups in total. The molecule has 1 atom stereocenters. The van der Waals surface area contributed by atoms with Crippen molar-refractivity contribution >= 4 is 38.9 Å². The van der Waals surface area contributed by atoms with Gasteiger partial charge in [-0.1, -0.05) is 36.0 Å². The Labute approximate surface area is 123 Å². The zero-order valence-electron chi connectivity index (χ0n) is 10.5. The number of hydrogen-bond acceptors (Lipinski definition) is 3. The lowest BCUT2D eigenvalue weighted by Crippen LogP contribution is -2.33. The molecule has 0 saturated heterocycles. The fourth-order valence-electron chi connectivity index (χ4n) is 2.06. The highest BCUT2D eigenvalue weighted by atomic mass is 35.5. The zero-order valence-corrected chi connectivity index (χ0v) is 12.8. The lowest BCUT2D eigenvalue weighted by Gasteiger charge is -2.15. The van der Waals surface area contributed by atoms with Crippen LogP contribution in [0.15, 0.2) is 17.0 Å². The Balaban J connectivity index is 2.23. The van der Waals surface area contributed by atoms with Crippen molar-refractivity contribution in [2.45, 2.75) is 37.1 Å². The maximum atomic E-state index is 12.3. The molecule has 1 saturated carbocycles. The highest BCUT2D eigenvalue weighted by Gasteiger charge is 2.28. The Kier molecular flexibility index (Phi) is 4.30. The fourth-order valence-corrected chi connectivity index (χ4v) is 4.55. The molecule has 4 nitrogen and oxygen atoms in total. The van der Waals surface area contributed by atoms with Crippen LogP contribution in [0.3, 0.4) is 0 Å². The van der Waals surface area contributed by atoms with Crippen molar-refractivity contribution in [2.75, 3.05) is 5.73 Å². The summed E-state index contributed by atoms with van der Waals surface area (Å²) in [5, 5.41) is 0.0762. The highest BCUT2D eigenvalue weighted by Crippen LogP contribution is 2.35. The van der Waals surface area contributed by atoms with E-state index in [9.17, 15) is 8.42 Å². The van der Waals surface area contributed by atoms with Crippen LogP contribution < -0.4 is 10.5 Å². The second-order valence-corrected chi connectivity index (χ2v) is 7.48. The molecule has 0 spiro atoms. The maximum Gasteiger partial charge on any atom is 0.243 e. The van der Waals surface area contributed by atoms with Crippen molar-refractivity contribution in [1.29, 1.82) is 0 Å². The van der Waals surface area contributed by atoms with Crippen molar-refractivity contribution in [2.24, 2.45) is 5.92 Å². The number of hydrogen-bond donors (Lipinski definition) is 2.